The molecule has 1 aliphatic rings. The number of nitrogens with zero attached hydrogens (tertiary/aromatic N) is 3. The van der Waals surface area contributed by atoms with Crippen molar-refractivity contribution in [2.45, 2.75) is 26.8 Å². The maximum Gasteiger partial charge on any atom is 0.271 e. The highest BCUT2D eigenvalue weighted by Crippen LogP contribution is 2.36. The van der Waals surface area contributed by atoms with E-state index >= 15 is 0 Å². The Balaban J connectivity index is 1.92. The van der Waals surface area contributed by atoms with E-state index in [1.807, 2.05) is 51.1 Å². The minimum absolute atomic E-state index is 0.116. The number of likely N-dealkylation sites (N-methyl/N-ethyl adjacent to an activating group) is 1. The Hall–Kier alpha value is -4.29. The molecule has 39 heavy (non-hydrogen) atoms. The number of para-hydroxylation sites is 1. The molecule has 0 saturated heterocycles. The van der Waals surface area contributed by atoms with Crippen molar-refractivity contribution in [2.24, 2.45) is 4.99 Å². The Morgan fingerprint density at radius 1 is 1.13 bits per heavy atom. The molecular weight excluding hydrogens is 514 g/mol. The molecule has 2 heterocycles. The topological polar surface area (TPSA) is 82.4 Å². The van der Waals surface area contributed by atoms with Gasteiger partial charge in [0.1, 0.15) is 18.4 Å². The molecule has 0 radical (unpaired) electrons. The number of thiazole rings is 1. The number of ether oxygens (including phenoxy) is 3. The van der Waals surface area contributed by atoms with Crippen molar-refractivity contribution in [3.8, 4) is 29.6 Å². The summed E-state index contributed by atoms with van der Waals surface area (Å²) >= 11 is 1.27. The van der Waals surface area contributed by atoms with Gasteiger partial charge in [-0.3, -0.25) is 14.2 Å². The first-order valence-electron chi connectivity index (χ1n) is 12.6. The molecule has 2 aromatic carbocycles. The molecule has 3 aromatic rings. The molecular formula is C30H31N3O5S. The van der Waals surface area contributed by atoms with Gasteiger partial charge in [-0.2, -0.15) is 0 Å². The third-order valence-corrected chi connectivity index (χ3v) is 7.52. The predicted molar refractivity (Wildman–Crippen MR) is 152 cm³/mol. The Kier molecular flexibility index (Phi) is 8.57. The quantitative estimate of drug-likeness (QED) is 0.386. The van der Waals surface area contributed by atoms with E-state index in [4.69, 9.17) is 25.6 Å². The fraction of sp³-hybridized carbons (Fsp3) is 0.300. The first-order valence-corrected chi connectivity index (χ1v) is 13.4. The molecule has 4 rings (SSSR count). The first kappa shape index (κ1) is 27.7. The fourth-order valence-electron chi connectivity index (χ4n) is 4.63. The van der Waals surface area contributed by atoms with Gasteiger partial charge in [-0.05, 0) is 50.6 Å². The van der Waals surface area contributed by atoms with Crippen LogP contribution in [0.15, 0.2) is 63.5 Å². The summed E-state index contributed by atoms with van der Waals surface area (Å²) in [5.41, 5.74) is 2.24. The van der Waals surface area contributed by atoms with Gasteiger partial charge in [0, 0.05) is 18.7 Å². The van der Waals surface area contributed by atoms with Crippen molar-refractivity contribution in [2.75, 3.05) is 33.9 Å². The monoisotopic (exact) mass is 545 g/mol. The summed E-state index contributed by atoms with van der Waals surface area (Å²) in [5, 5.41) is 0. The molecule has 0 unspecified atom stereocenters. The van der Waals surface area contributed by atoms with Gasteiger partial charge in [-0.1, -0.05) is 41.5 Å². The molecule has 0 fully saturated rings. The molecule has 1 aromatic heterocycles. The molecule has 0 saturated carbocycles. The van der Waals surface area contributed by atoms with Crippen LogP contribution in [0.25, 0.3) is 6.08 Å². The van der Waals surface area contributed by atoms with Crippen LogP contribution in [0, 0.1) is 12.3 Å². The molecule has 0 bridgehead atoms. The third-order valence-electron chi connectivity index (χ3n) is 6.53. The zero-order valence-corrected chi connectivity index (χ0v) is 23.5. The molecule has 1 amide bonds. The van der Waals surface area contributed by atoms with Crippen LogP contribution < -0.4 is 29.1 Å². The van der Waals surface area contributed by atoms with Crippen molar-refractivity contribution in [1.82, 2.24) is 9.47 Å². The number of hydrogen-bond acceptors (Lipinski definition) is 7. The Morgan fingerprint density at radius 2 is 1.85 bits per heavy atom. The second kappa shape index (κ2) is 12.0. The molecule has 202 valence electrons. The Labute approximate surface area is 231 Å². The van der Waals surface area contributed by atoms with Gasteiger partial charge in [0.05, 0.1) is 30.0 Å². The molecule has 1 atom stereocenters. The third kappa shape index (κ3) is 5.33. The number of fused-ring (bicyclic) bond motifs is 1. The zero-order chi connectivity index (χ0) is 28.1. The molecule has 1 aliphatic heterocycles. The minimum Gasteiger partial charge on any atom is -0.496 e. The number of carbonyl (C=O) groups is 1. The lowest BCUT2D eigenvalue weighted by molar-refractivity contribution is -0.127. The number of amides is 1. The number of benzene rings is 2. The summed E-state index contributed by atoms with van der Waals surface area (Å²) in [6, 6.07) is 12.1. The average Bonchev–Trinajstić information content (AvgIpc) is 3.25. The molecule has 8 nitrogen and oxygen atoms in total. The Morgan fingerprint density at radius 3 is 2.51 bits per heavy atom. The van der Waals surface area contributed by atoms with Gasteiger partial charge in [0.25, 0.3) is 11.5 Å². The van der Waals surface area contributed by atoms with Crippen LogP contribution in [0.2, 0.25) is 0 Å². The molecule has 9 heteroatoms. The number of aromatic nitrogens is 1. The summed E-state index contributed by atoms with van der Waals surface area (Å²) in [4.78, 5) is 34.7. The largest absolute Gasteiger partial charge is 0.496 e. The van der Waals surface area contributed by atoms with Crippen molar-refractivity contribution in [3.63, 3.8) is 0 Å². The number of allylic oxidation sites excluding steroid dienone is 1. The van der Waals surface area contributed by atoms with Crippen LogP contribution in [0.1, 0.15) is 37.9 Å². The second-order valence-corrected chi connectivity index (χ2v) is 9.71. The van der Waals surface area contributed by atoms with Crippen molar-refractivity contribution in [1.29, 1.82) is 0 Å². The summed E-state index contributed by atoms with van der Waals surface area (Å²) in [6.07, 6.45) is 7.08. The highest BCUT2D eigenvalue weighted by Gasteiger charge is 2.35. The summed E-state index contributed by atoms with van der Waals surface area (Å²) in [6.45, 7) is 6.88. The highest BCUT2D eigenvalue weighted by atomic mass is 32.1. The van der Waals surface area contributed by atoms with E-state index in [2.05, 4.69) is 5.92 Å². The SMILES string of the molecule is C#CCOc1ccc(/C=c2/sc3n(c2=O)[C@H](c2ccccc2OC)C(C(=O)N(CC)CC)=C(C)N=3)cc1OC. The maximum absolute atomic E-state index is 14.0. The average molecular weight is 546 g/mol. The van der Waals surface area contributed by atoms with Gasteiger partial charge in [0.15, 0.2) is 16.3 Å². The van der Waals surface area contributed by atoms with Crippen LogP contribution in [-0.2, 0) is 4.79 Å². The lowest BCUT2D eigenvalue weighted by Gasteiger charge is -2.29. The number of terminal acetylenes is 1. The molecule has 0 spiro atoms. The second-order valence-electron chi connectivity index (χ2n) is 8.70. The van der Waals surface area contributed by atoms with Gasteiger partial charge < -0.3 is 19.1 Å². The van der Waals surface area contributed by atoms with Gasteiger partial charge in [-0.25, -0.2) is 4.99 Å². The van der Waals surface area contributed by atoms with E-state index in [1.54, 1.807) is 41.9 Å². The number of hydrogen-bond donors (Lipinski definition) is 0. The van der Waals surface area contributed by atoms with E-state index in [0.717, 1.165) is 5.56 Å². The van der Waals surface area contributed by atoms with Crippen molar-refractivity contribution in [3.05, 3.63) is 84.5 Å². The van der Waals surface area contributed by atoms with E-state index in [1.165, 1.54) is 11.3 Å². The summed E-state index contributed by atoms with van der Waals surface area (Å²) in [7, 11) is 3.12. The minimum atomic E-state index is -0.693. The lowest BCUT2D eigenvalue weighted by Crippen LogP contribution is -2.43. The van der Waals surface area contributed by atoms with Crippen LogP contribution >= 0.6 is 11.3 Å². The Bertz CT molecular complexity index is 1640. The van der Waals surface area contributed by atoms with Crippen LogP contribution in [0.4, 0.5) is 0 Å². The van der Waals surface area contributed by atoms with E-state index in [9.17, 15) is 9.59 Å². The fourth-order valence-corrected chi connectivity index (χ4v) is 5.67. The summed E-state index contributed by atoms with van der Waals surface area (Å²) in [5.74, 6) is 3.88. The van der Waals surface area contributed by atoms with Gasteiger partial charge in [0.2, 0.25) is 0 Å². The normalized spacial score (nSPS) is 14.8. The van der Waals surface area contributed by atoms with E-state index in [0.29, 0.717) is 56.5 Å². The zero-order valence-electron chi connectivity index (χ0n) is 22.7. The number of rotatable bonds is 9. The van der Waals surface area contributed by atoms with Crippen LogP contribution in [0.3, 0.4) is 0 Å². The van der Waals surface area contributed by atoms with Gasteiger partial charge in [-0.15, -0.1) is 6.42 Å². The predicted octanol–water partition coefficient (Wildman–Crippen LogP) is 3.13. The number of methoxy groups -OCH3 is 2. The molecule has 0 aliphatic carbocycles. The van der Waals surface area contributed by atoms with Crippen molar-refractivity contribution < 1.29 is 19.0 Å². The maximum atomic E-state index is 14.0. The van der Waals surface area contributed by atoms with Crippen molar-refractivity contribution >= 4 is 23.3 Å². The molecule has 0 N–H and O–H groups in total. The highest BCUT2D eigenvalue weighted by molar-refractivity contribution is 7.07. The van der Waals surface area contributed by atoms with Crippen LogP contribution in [0.5, 0.6) is 17.2 Å². The lowest BCUT2D eigenvalue weighted by atomic mass is 9.94. The standard InChI is InChI=1S/C30H31N3O5S/c1-7-16-38-23-15-14-20(17-24(23)37-6)18-25-28(34)33-27(21-12-10-11-13-22(21)36-5)26(19(4)31-30(33)39-25)29(35)32(8-2)9-3/h1,10-15,17-18,27H,8-9,16H2,2-6H3/b25-18+/t27-/m1/s1. The first-order chi connectivity index (χ1) is 18.9. The van der Waals surface area contributed by atoms with Gasteiger partial charge >= 0.3 is 0 Å². The smallest absolute Gasteiger partial charge is 0.271 e. The van der Waals surface area contributed by atoms with E-state index < -0.39 is 6.04 Å². The summed E-state index contributed by atoms with van der Waals surface area (Å²) < 4.78 is 18.7. The van der Waals surface area contributed by atoms with E-state index in [-0.39, 0.29) is 18.1 Å². The number of carbonyl (C=O) groups excluding carboxylic acids is 1. The van der Waals surface area contributed by atoms with Crippen LogP contribution in [-0.4, -0.2) is 49.3 Å².